The summed E-state index contributed by atoms with van der Waals surface area (Å²) in [6.45, 7) is 7.69. The van der Waals surface area contributed by atoms with Crippen LogP contribution in [0.4, 0.5) is 4.39 Å². The molecule has 0 amide bonds. The Labute approximate surface area is 130 Å². The Morgan fingerprint density at radius 1 is 1.33 bits per heavy atom. The van der Waals surface area contributed by atoms with Crippen LogP contribution in [-0.4, -0.2) is 26.2 Å². The molecule has 0 atom stereocenters. The van der Waals surface area contributed by atoms with E-state index in [1.165, 1.54) is 11.3 Å². The van der Waals surface area contributed by atoms with Gasteiger partial charge in [0.2, 0.25) is 0 Å². The lowest BCUT2D eigenvalue weighted by atomic mass is 10.2. The summed E-state index contributed by atoms with van der Waals surface area (Å²) in [5.74, 6) is 0. The lowest BCUT2D eigenvalue weighted by molar-refractivity contribution is 0.425. The Morgan fingerprint density at radius 3 is 2.71 bits per heavy atom. The van der Waals surface area contributed by atoms with E-state index >= 15 is 0 Å². The molecule has 0 aliphatic rings. The van der Waals surface area contributed by atoms with Gasteiger partial charge < -0.3 is 5.32 Å². The first kappa shape index (κ1) is 17.7. The van der Waals surface area contributed by atoms with Crippen LogP contribution < -0.4 is 5.32 Å². The predicted molar refractivity (Wildman–Crippen MR) is 83.3 cm³/mol. The van der Waals surface area contributed by atoms with Crippen LogP contribution in [0.25, 0.3) is 0 Å². The predicted octanol–water partition coefficient (Wildman–Crippen LogP) is 2.65. The molecule has 2 rings (SSSR count). The molecule has 0 saturated heterocycles. The van der Waals surface area contributed by atoms with Crippen molar-refractivity contribution in [2.75, 3.05) is 6.67 Å². The second-order valence-electron chi connectivity index (χ2n) is 5.16. The van der Waals surface area contributed by atoms with E-state index in [2.05, 4.69) is 36.3 Å². The fraction of sp³-hybridized carbons (Fsp3) is 0.571. The number of nitrogens with zero attached hydrogens (tertiary/aromatic N) is 4. The normalized spacial score (nSPS) is 10.9. The van der Waals surface area contributed by atoms with Gasteiger partial charge in [0.25, 0.3) is 0 Å². The maximum atomic E-state index is 12.2. The quantitative estimate of drug-likeness (QED) is 0.854. The van der Waals surface area contributed by atoms with Crippen molar-refractivity contribution >= 4 is 12.4 Å². The van der Waals surface area contributed by atoms with E-state index in [9.17, 15) is 4.39 Å². The Kier molecular flexibility index (Phi) is 6.84. The molecule has 1 N–H and O–H groups in total. The molecule has 21 heavy (non-hydrogen) atoms. The van der Waals surface area contributed by atoms with Crippen molar-refractivity contribution in [2.45, 2.75) is 46.4 Å². The molecule has 2 aromatic heterocycles. The van der Waals surface area contributed by atoms with Crippen LogP contribution in [0.2, 0.25) is 0 Å². The van der Waals surface area contributed by atoms with E-state index in [1.807, 2.05) is 16.9 Å². The van der Waals surface area contributed by atoms with Gasteiger partial charge >= 0.3 is 0 Å². The first-order valence-corrected chi connectivity index (χ1v) is 6.93. The van der Waals surface area contributed by atoms with Crippen molar-refractivity contribution in [2.24, 2.45) is 0 Å². The lowest BCUT2D eigenvalue weighted by Crippen LogP contribution is -2.14. The molecular formula is C14H23ClFN5. The number of alkyl halides is 1. The third kappa shape index (κ3) is 4.54. The zero-order chi connectivity index (χ0) is 14.5. The molecule has 0 unspecified atom stereocenters. The van der Waals surface area contributed by atoms with Crippen LogP contribution >= 0.6 is 12.4 Å². The molecule has 0 saturated carbocycles. The highest BCUT2D eigenvalue weighted by atomic mass is 35.5. The van der Waals surface area contributed by atoms with Gasteiger partial charge in [-0.25, -0.2) is 4.39 Å². The molecule has 0 aliphatic carbocycles. The van der Waals surface area contributed by atoms with E-state index in [1.54, 1.807) is 10.9 Å². The van der Waals surface area contributed by atoms with E-state index in [0.717, 1.165) is 12.2 Å². The maximum Gasteiger partial charge on any atom is 0.109 e. The Bertz CT molecular complexity index is 549. The molecule has 118 valence electrons. The molecule has 2 heterocycles. The van der Waals surface area contributed by atoms with E-state index in [-0.39, 0.29) is 19.1 Å². The highest BCUT2D eigenvalue weighted by molar-refractivity contribution is 5.85. The first-order valence-electron chi connectivity index (χ1n) is 6.93. The van der Waals surface area contributed by atoms with Gasteiger partial charge in [-0.15, -0.1) is 12.4 Å². The van der Waals surface area contributed by atoms with E-state index in [4.69, 9.17) is 0 Å². The molecule has 0 spiro atoms. The highest BCUT2D eigenvalue weighted by Gasteiger charge is 2.08. The van der Waals surface area contributed by atoms with Gasteiger partial charge in [0.05, 0.1) is 18.4 Å². The van der Waals surface area contributed by atoms with E-state index < -0.39 is 0 Å². The second-order valence-corrected chi connectivity index (χ2v) is 5.16. The van der Waals surface area contributed by atoms with Crippen molar-refractivity contribution in [3.63, 3.8) is 0 Å². The molecule has 0 aliphatic heterocycles. The SMILES string of the molecule is Cc1c(CNCc2ccn(CCF)n2)cnn1C(C)C.Cl. The molecule has 0 fully saturated rings. The van der Waals surface area contributed by atoms with Crippen molar-refractivity contribution < 1.29 is 4.39 Å². The van der Waals surface area contributed by atoms with Crippen molar-refractivity contribution in [3.8, 4) is 0 Å². The monoisotopic (exact) mass is 315 g/mol. The molecule has 5 nitrogen and oxygen atoms in total. The van der Waals surface area contributed by atoms with Crippen LogP contribution in [0.15, 0.2) is 18.5 Å². The summed E-state index contributed by atoms with van der Waals surface area (Å²) in [5, 5.41) is 12.0. The average Bonchev–Trinajstić information content (AvgIpc) is 2.98. The number of nitrogens with one attached hydrogen (secondary N) is 1. The molecular weight excluding hydrogens is 293 g/mol. The molecule has 7 heteroatoms. The molecule has 0 bridgehead atoms. The zero-order valence-corrected chi connectivity index (χ0v) is 13.5. The first-order chi connectivity index (χ1) is 9.61. The van der Waals surface area contributed by atoms with Crippen LogP contribution in [0.3, 0.4) is 0 Å². The smallest absolute Gasteiger partial charge is 0.109 e. The second kappa shape index (κ2) is 8.14. The van der Waals surface area contributed by atoms with Gasteiger partial charge in [0.15, 0.2) is 0 Å². The minimum absolute atomic E-state index is 0. The fourth-order valence-electron chi connectivity index (χ4n) is 2.19. The third-order valence-corrected chi connectivity index (χ3v) is 3.27. The summed E-state index contributed by atoms with van der Waals surface area (Å²) in [5.41, 5.74) is 3.31. The number of hydrogen-bond acceptors (Lipinski definition) is 3. The number of hydrogen-bond donors (Lipinski definition) is 1. The Balaban J connectivity index is 0.00000220. The lowest BCUT2D eigenvalue weighted by Gasteiger charge is -2.09. The van der Waals surface area contributed by atoms with Crippen LogP contribution in [0.5, 0.6) is 0 Å². The number of halogens is 2. The van der Waals surface area contributed by atoms with Crippen LogP contribution in [0, 0.1) is 6.92 Å². The summed E-state index contributed by atoms with van der Waals surface area (Å²) < 4.78 is 15.8. The van der Waals surface area contributed by atoms with Gasteiger partial charge in [-0.1, -0.05) is 0 Å². The topological polar surface area (TPSA) is 47.7 Å². The minimum Gasteiger partial charge on any atom is -0.307 e. The van der Waals surface area contributed by atoms with E-state index in [0.29, 0.717) is 19.1 Å². The highest BCUT2D eigenvalue weighted by Crippen LogP contribution is 2.12. The van der Waals surface area contributed by atoms with Crippen molar-refractivity contribution in [1.29, 1.82) is 0 Å². The van der Waals surface area contributed by atoms with Crippen molar-refractivity contribution in [3.05, 3.63) is 35.4 Å². The number of aryl methyl sites for hydroxylation is 1. The minimum atomic E-state index is -0.387. The molecule has 0 aromatic carbocycles. The van der Waals surface area contributed by atoms with Crippen molar-refractivity contribution in [1.82, 2.24) is 24.9 Å². The molecule has 0 radical (unpaired) electrons. The summed E-state index contributed by atoms with van der Waals surface area (Å²) in [7, 11) is 0. The largest absolute Gasteiger partial charge is 0.307 e. The van der Waals surface area contributed by atoms with Gasteiger partial charge in [0, 0.05) is 36.6 Å². The summed E-state index contributed by atoms with van der Waals surface area (Å²) in [4.78, 5) is 0. The maximum absolute atomic E-state index is 12.2. The van der Waals surface area contributed by atoms with Crippen LogP contribution in [0.1, 0.15) is 36.8 Å². The average molecular weight is 316 g/mol. The van der Waals surface area contributed by atoms with Gasteiger partial charge in [-0.3, -0.25) is 9.36 Å². The van der Waals surface area contributed by atoms with Gasteiger partial charge in [-0.2, -0.15) is 10.2 Å². The summed E-state index contributed by atoms with van der Waals surface area (Å²) in [6, 6.07) is 2.28. The zero-order valence-electron chi connectivity index (χ0n) is 12.7. The Morgan fingerprint density at radius 2 is 2.10 bits per heavy atom. The third-order valence-electron chi connectivity index (χ3n) is 3.27. The number of aromatic nitrogens is 4. The fourth-order valence-corrected chi connectivity index (χ4v) is 2.19. The Hall–Kier alpha value is -1.40. The summed E-state index contributed by atoms with van der Waals surface area (Å²) in [6.07, 6.45) is 3.71. The van der Waals surface area contributed by atoms with Crippen LogP contribution in [-0.2, 0) is 19.6 Å². The molecule has 2 aromatic rings. The number of rotatable bonds is 7. The van der Waals surface area contributed by atoms with Gasteiger partial charge in [-0.05, 0) is 26.8 Å². The van der Waals surface area contributed by atoms with Gasteiger partial charge in [0.1, 0.15) is 6.67 Å². The summed E-state index contributed by atoms with van der Waals surface area (Å²) >= 11 is 0. The standard InChI is InChI=1S/C14H22FN5.ClH/c1-11(2)20-12(3)13(9-17-20)8-16-10-14-4-6-19(18-14)7-5-15;/h4,6,9,11,16H,5,7-8,10H2,1-3H3;1H.